The Labute approximate surface area is 106 Å². The second kappa shape index (κ2) is 5.06. The van der Waals surface area contributed by atoms with Crippen LogP contribution in [0.15, 0.2) is 40.3 Å². The van der Waals surface area contributed by atoms with Crippen LogP contribution in [0, 0.1) is 0 Å². The lowest BCUT2D eigenvalue weighted by Crippen LogP contribution is -1.97. The number of fused-ring (bicyclic) bond motifs is 1. The molecule has 2 rings (SSSR count). The number of aliphatic imine (C=N–C) groups is 2. The molecule has 0 amide bonds. The molecule has 0 heterocycles. The number of carbonyl (C=O) groups excluding carboxylic acids is 2. The maximum atomic E-state index is 11.2. The number of isocyanates is 2. The van der Waals surface area contributed by atoms with Crippen LogP contribution < -0.4 is 0 Å². The van der Waals surface area contributed by atoms with Crippen LogP contribution >= 0.6 is 0 Å². The fraction of sp³-hybridized carbons (Fsp3) is 0. The van der Waals surface area contributed by atoms with Gasteiger partial charge in [-0.1, -0.05) is 6.07 Å². The van der Waals surface area contributed by atoms with Crippen molar-refractivity contribution in [2.75, 3.05) is 0 Å². The molecule has 0 spiro atoms. The Bertz CT molecular complexity index is 770. The van der Waals surface area contributed by atoms with Crippen molar-refractivity contribution in [3.05, 3.63) is 35.9 Å². The molecule has 0 atom stereocenters. The van der Waals surface area contributed by atoms with E-state index in [1.807, 2.05) is 0 Å². The molecule has 2 aromatic rings. The summed E-state index contributed by atoms with van der Waals surface area (Å²) < 4.78 is 0. The first-order valence-corrected chi connectivity index (χ1v) is 5.12. The van der Waals surface area contributed by atoms with E-state index in [4.69, 9.17) is 5.11 Å². The summed E-state index contributed by atoms with van der Waals surface area (Å²) in [7, 11) is 0. The van der Waals surface area contributed by atoms with Gasteiger partial charge in [-0.15, -0.1) is 0 Å². The van der Waals surface area contributed by atoms with Crippen LogP contribution in [0.1, 0.15) is 10.4 Å². The zero-order chi connectivity index (χ0) is 13.8. The number of carboxylic acid groups (broad SMARTS) is 1. The molecule has 0 aliphatic carbocycles. The standard InChI is InChI=1S/C13H6N2O4/c16-6-14-9-2-1-8-3-10(15-7-17)5-12(13(18)19)11(8)4-9/h1-5H,(H,18,19). The van der Waals surface area contributed by atoms with Crippen LogP contribution in [0.25, 0.3) is 10.8 Å². The summed E-state index contributed by atoms with van der Waals surface area (Å²) >= 11 is 0. The van der Waals surface area contributed by atoms with Gasteiger partial charge in [-0.05, 0) is 35.0 Å². The van der Waals surface area contributed by atoms with Gasteiger partial charge in [0.25, 0.3) is 0 Å². The molecule has 0 saturated carbocycles. The minimum atomic E-state index is -1.17. The van der Waals surface area contributed by atoms with Crippen molar-refractivity contribution >= 4 is 40.3 Å². The van der Waals surface area contributed by atoms with E-state index in [-0.39, 0.29) is 11.3 Å². The maximum Gasteiger partial charge on any atom is 0.336 e. The van der Waals surface area contributed by atoms with Gasteiger partial charge in [0.15, 0.2) is 0 Å². The highest BCUT2D eigenvalue weighted by atomic mass is 16.4. The second-order valence-corrected chi connectivity index (χ2v) is 3.61. The van der Waals surface area contributed by atoms with Crippen LogP contribution in [-0.4, -0.2) is 23.2 Å². The number of aromatic carboxylic acids is 1. The quantitative estimate of drug-likeness (QED) is 0.672. The van der Waals surface area contributed by atoms with E-state index >= 15 is 0 Å². The monoisotopic (exact) mass is 254 g/mol. The van der Waals surface area contributed by atoms with Crippen LogP contribution in [-0.2, 0) is 9.59 Å². The molecule has 0 radical (unpaired) electrons. The number of rotatable bonds is 3. The molecule has 6 nitrogen and oxygen atoms in total. The summed E-state index contributed by atoms with van der Waals surface area (Å²) in [6.45, 7) is 0. The van der Waals surface area contributed by atoms with Crippen LogP contribution in [0.2, 0.25) is 0 Å². The number of benzene rings is 2. The fourth-order valence-electron chi connectivity index (χ4n) is 1.75. The number of carboxylic acids is 1. The molecular formula is C13H6N2O4. The minimum Gasteiger partial charge on any atom is -0.478 e. The Morgan fingerprint density at radius 1 is 1.00 bits per heavy atom. The molecule has 2 aromatic carbocycles. The predicted molar refractivity (Wildman–Crippen MR) is 66.5 cm³/mol. The van der Waals surface area contributed by atoms with Gasteiger partial charge in [0.2, 0.25) is 12.2 Å². The lowest BCUT2D eigenvalue weighted by molar-refractivity contribution is 0.0699. The number of hydrogen-bond acceptors (Lipinski definition) is 5. The molecule has 0 saturated heterocycles. The van der Waals surface area contributed by atoms with E-state index < -0.39 is 5.97 Å². The summed E-state index contributed by atoms with van der Waals surface area (Å²) in [6, 6.07) is 7.37. The summed E-state index contributed by atoms with van der Waals surface area (Å²) in [4.78, 5) is 38.5. The molecular weight excluding hydrogens is 248 g/mol. The van der Waals surface area contributed by atoms with Crippen LogP contribution in [0.4, 0.5) is 11.4 Å². The average Bonchev–Trinajstić information content (AvgIpc) is 2.38. The lowest BCUT2D eigenvalue weighted by atomic mass is 10.0. The van der Waals surface area contributed by atoms with Gasteiger partial charge in [-0.25, -0.2) is 14.4 Å². The largest absolute Gasteiger partial charge is 0.478 e. The Hall–Kier alpha value is -3.07. The third-order valence-corrected chi connectivity index (χ3v) is 2.50. The van der Waals surface area contributed by atoms with E-state index in [0.717, 1.165) is 0 Å². The zero-order valence-corrected chi connectivity index (χ0v) is 9.45. The number of nitrogens with zero attached hydrogens (tertiary/aromatic N) is 2. The van der Waals surface area contributed by atoms with Gasteiger partial charge in [-0.2, -0.15) is 9.98 Å². The summed E-state index contributed by atoms with van der Waals surface area (Å²) in [5.74, 6) is -1.17. The average molecular weight is 254 g/mol. The molecule has 0 aromatic heterocycles. The Balaban J connectivity index is 2.82. The molecule has 0 unspecified atom stereocenters. The van der Waals surface area contributed by atoms with E-state index in [1.54, 1.807) is 12.1 Å². The van der Waals surface area contributed by atoms with E-state index in [0.29, 0.717) is 16.5 Å². The topological polar surface area (TPSA) is 96.2 Å². The molecule has 0 aliphatic rings. The SMILES string of the molecule is O=C=Nc1cc(C(=O)O)c2cc(N=C=O)ccc2c1. The van der Waals surface area contributed by atoms with Gasteiger partial charge in [0.1, 0.15) is 0 Å². The van der Waals surface area contributed by atoms with Crippen molar-refractivity contribution in [3.8, 4) is 0 Å². The third-order valence-electron chi connectivity index (χ3n) is 2.50. The van der Waals surface area contributed by atoms with Crippen LogP contribution in [0.3, 0.4) is 0 Å². The van der Waals surface area contributed by atoms with Crippen molar-refractivity contribution in [2.45, 2.75) is 0 Å². The predicted octanol–water partition coefficient (Wildman–Crippen LogP) is 2.47. The van der Waals surface area contributed by atoms with E-state index in [1.165, 1.54) is 30.4 Å². The van der Waals surface area contributed by atoms with Crippen molar-refractivity contribution in [1.29, 1.82) is 0 Å². The highest BCUT2D eigenvalue weighted by Crippen LogP contribution is 2.29. The molecule has 92 valence electrons. The van der Waals surface area contributed by atoms with Gasteiger partial charge in [0, 0.05) is 0 Å². The maximum absolute atomic E-state index is 11.2. The van der Waals surface area contributed by atoms with E-state index in [2.05, 4.69) is 9.98 Å². The first-order chi connectivity index (χ1) is 9.15. The molecule has 0 bridgehead atoms. The molecule has 0 fully saturated rings. The Kier molecular flexibility index (Phi) is 3.30. The third kappa shape index (κ3) is 2.45. The highest BCUT2D eigenvalue weighted by molar-refractivity contribution is 6.06. The summed E-state index contributed by atoms with van der Waals surface area (Å²) in [6.07, 6.45) is 2.75. The van der Waals surface area contributed by atoms with Gasteiger partial charge >= 0.3 is 5.97 Å². The van der Waals surface area contributed by atoms with Crippen molar-refractivity contribution in [1.82, 2.24) is 0 Å². The molecule has 1 N–H and O–H groups in total. The Morgan fingerprint density at radius 3 is 2.32 bits per heavy atom. The van der Waals surface area contributed by atoms with Gasteiger partial charge in [-0.3, -0.25) is 0 Å². The second-order valence-electron chi connectivity index (χ2n) is 3.61. The number of carbonyl (C=O) groups is 1. The van der Waals surface area contributed by atoms with Crippen molar-refractivity contribution in [2.24, 2.45) is 9.98 Å². The Morgan fingerprint density at radius 2 is 1.68 bits per heavy atom. The van der Waals surface area contributed by atoms with Gasteiger partial charge < -0.3 is 5.11 Å². The van der Waals surface area contributed by atoms with Gasteiger partial charge in [0.05, 0.1) is 16.9 Å². The summed E-state index contributed by atoms with van der Waals surface area (Å²) in [5, 5.41) is 10.1. The number of hydrogen-bond donors (Lipinski definition) is 1. The first-order valence-electron chi connectivity index (χ1n) is 5.12. The zero-order valence-electron chi connectivity index (χ0n) is 9.45. The molecule has 6 heteroatoms. The summed E-state index contributed by atoms with van der Waals surface area (Å²) in [5.41, 5.74) is 0.470. The minimum absolute atomic E-state index is 0.0329. The normalized spacial score (nSPS) is 9.47. The molecule has 0 aliphatic heterocycles. The van der Waals surface area contributed by atoms with E-state index in [9.17, 15) is 14.4 Å². The van der Waals surface area contributed by atoms with Crippen LogP contribution in [0.5, 0.6) is 0 Å². The lowest BCUT2D eigenvalue weighted by Gasteiger charge is -2.04. The first kappa shape index (κ1) is 12.4. The molecule has 19 heavy (non-hydrogen) atoms. The highest BCUT2D eigenvalue weighted by Gasteiger charge is 2.11. The van der Waals surface area contributed by atoms with Crippen molar-refractivity contribution in [3.63, 3.8) is 0 Å². The van der Waals surface area contributed by atoms with Crippen molar-refractivity contribution < 1.29 is 19.5 Å². The smallest absolute Gasteiger partial charge is 0.336 e. The fourth-order valence-corrected chi connectivity index (χ4v) is 1.75.